The van der Waals surface area contributed by atoms with Crippen molar-refractivity contribution < 1.29 is 24.2 Å². The molecule has 2 aromatic rings. The third-order valence-corrected chi connectivity index (χ3v) is 6.78. The molecular formula is C27H35N5O5. The fraction of sp³-hybridized carbons (Fsp3) is 0.444. The van der Waals surface area contributed by atoms with Gasteiger partial charge in [-0.3, -0.25) is 14.5 Å². The molecular weight excluding hydrogens is 474 g/mol. The number of fused-ring (bicyclic) bond motifs is 1. The molecule has 0 aliphatic carbocycles. The normalized spacial score (nSPS) is 17.9. The molecule has 37 heavy (non-hydrogen) atoms. The van der Waals surface area contributed by atoms with Crippen LogP contribution in [0.15, 0.2) is 42.5 Å². The third kappa shape index (κ3) is 6.46. The summed E-state index contributed by atoms with van der Waals surface area (Å²) in [4.78, 5) is 43.2. The summed E-state index contributed by atoms with van der Waals surface area (Å²) >= 11 is 0. The minimum atomic E-state index is -1.10. The smallest absolute Gasteiger partial charge is 0.323 e. The van der Waals surface area contributed by atoms with Crippen LogP contribution in [0.1, 0.15) is 46.9 Å². The second kappa shape index (κ2) is 12.2. The number of amides is 3. The van der Waals surface area contributed by atoms with Gasteiger partial charge in [0.2, 0.25) is 6.35 Å². The zero-order valence-electron chi connectivity index (χ0n) is 21.4. The van der Waals surface area contributed by atoms with E-state index in [1.54, 1.807) is 49.6 Å². The highest BCUT2D eigenvalue weighted by Crippen LogP contribution is 2.32. The molecule has 0 radical (unpaired) electrons. The molecule has 198 valence electrons. The van der Waals surface area contributed by atoms with Gasteiger partial charge in [-0.25, -0.2) is 4.79 Å². The molecule has 1 atom stereocenters. The quantitative estimate of drug-likeness (QED) is 0.445. The van der Waals surface area contributed by atoms with Crippen LogP contribution in [0.4, 0.5) is 21.9 Å². The number of urea groups is 1. The van der Waals surface area contributed by atoms with Gasteiger partial charge in [0.1, 0.15) is 0 Å². The van der Waals surface area contributed by atoms with Gasteiger partial charge < -0.3 is 30.3 Å². The summed E-state index contributed by atoms with van der Waals surface area (Å²) in [6.07, 6.45) is 2.49. The van der Waals surface area contributed by atoms with E-state index in [2.05, 4.69) is 15.5 Å². The van der Waals surface area contributed by atoms with Gasteiger partial charge in [-0.2, -0.15) is 0 Å². The predicted octanol–water partition coefficient (Wildman–Crippen LogP) is 3.20. The van der Waals surface area contributed by atoms with E-state index in [9.17, 15) is 19.5 Å². The average molecular weight is 510 g/mol. The Morgan fingerprint density at radius 2 is 1.70 bits per heavy atom. The van der Waals surface area contributed by atoms with Crippen molar-refractivity contribution in [2.75, 3.05) is 62.0 Å². The van der Waals surface area contributed by atoms with Gasteiger partial charge in [-0.05, 0) is 63.2 Å². The number of nitrogens with one attached hydrogen (secondary N) is 2. The number of hydrogen-bond acceptors (Lipinski definition) is 7. The van der Waals surface area contributed by atoms with Crippen LogP contribution in [0.5, 0.6) is 0 Å². The SMILES string of the molecule is COCCN1C(=O)c2cc(NC(=O)Nc3cccc(C(C)=O)c3)ccc2N(CCN2CCCCC2)C1O. The first kappa shape index (κ1) is 26.6. The molecule has 0 saturated carbocycles. The van der Waals surface area contributed by atoms with Crippen molar-refractivity contribution in [3.05, 3.63) is 53.6 Å². The highest BCUT2D eigenvalue weighted by atomic mass is 16.5. The molecule has 0 spiro atoms. The van der Waals surface area contributed by atoms with Gasteiger partial charge >= 0.3 is 6.03 Å². The number of methoxy groups -OCH3 is 1. The maximum atomic E-state index is 13.3. The highest BCUT2D eigenvalue weighted by Gasteiger charge is 2.36. The van der Waals surface area contributed by atoms with E-state index < -0.39 is 12.4 Å². The van der Waals surface area contributed by atoms with Gasteiger partial charge in [0, 0.05) is 43.7 Å². The van der Waals surface area contributed by atoms with E-state index >= 15 is 0 Å². The fourth-order valence-corrected chi connectivity index (χ4v) is 4.77. The summed E-state index contributed by atoms with van der Waals surface area (Å²) in [5.74, 6) is -0.422. The Labute approximate surface area is 217 Å². The van der Waals surface area contributed by atoms with Crippen LogP contribution in [0.2, 0.25) is 0 Å². The zero-order valence-corrected chi connectivity index (χ0v) is 21.4. The van der Waals surface area contributed by atoms with Crippen LogP contribution in [-0.4, -0.2) is 85.4 Å². The number of hydrogen-bond donors (Lipinski definition) is 3. The largest absolute Gasteiger partial charge is 0.383 e. The Morgan fingerprint density at radius 1 is 0.973 bits per heavy atom. The minimum absolute atomic E-state index is 0.0951. The first-order valence-electron chi connectivity index (χ1n) is 12.7. The van der Waals surface area contributed by atoms with Crippen molar-refractivity contribution in [2.45, 2.75) is 32.5 Å². The summed E-state index contributed by atoms with van der Waals surface area (Å²) in [6, 6.07) is 11.3. The van der Waals surface area contributed by atoms with Gasteiger partial charge in [-0.15, -0.1) is 0 Å². The average Bonchev–Trinajstić information content (AvgIpc) is 2.89. The van der Waals surface area contributed by atoms with Crippen molar-refractivity contribution in [2.24, 2.45) is 0 Å². The number of piperidine rings is 1. The summed E-state index contributed by atoms with van der Waals surface area (Å²) in [5, 5.41) is 16.6. The van der Waals surface area contributed by atoms with Crippen molar-refractivity contribution in [1.29, 1.82) is 0 Å². The molecule has 2 aromatic carbocycles. The molecule has 4 rings (SSSR count). The summed E-state index contributed by atoms with van der Waals surface area (Å²) in [6.45, 7) is 5.41. The third-order valence-electron chi connectivity index (χ3n) is 6.78. The highest BCUT2D eigenvalue weighted by molar-refractivity contribution is 6.05. The van der Waals surface area contributed by atoms with Crippen LogP contribution in [-0.2, 0) is 4.74 Å². The van der Waals surface area contributed by atoms with E-state index in [1.807, 2.05) is 4.90 Å². The number of nitrogens with zero attached hydrogens (tertiary/aromatic N) is 3. The maximum Gasteiger partial charge on any atom is 0.323 e. The van der Waals surface area contributed by atoms with Gasteiger partial charge in [0.05, 0.1) is 17.9 Å². The molecule has 2 aliphatic rings. The van der Waals surface area contributed by atoms with E-state index in [0.29, 0.717) is 34.7 Å². The van der Waals surface area contributed by atoms with Gasteiger partial charge in [0.15, 0.2) is 5.78 Å². The van der Waals surface area contributed by atoms with E-state index in [-0.39, 0.29) is 24.8 Å². The van der Waals surface area contributed by atoms with Crippen molar-refractivity contribution in [1.82, 2.24) is 9.80 Å². The Morgan fingerprint density at radius 3 is 2.41 bits per heavy atom. The van der Waals surface area contributed by atoms with Crippen molar-refractivity contribution in [3.63, 3.8) is 0 Å². The lowest BCUT2D eigenvalue weighted by molar-refractivity contribution is -0.00839. The Balaban J connectivity index is 1.52. The molecule has 3 N–H and O–H groups in total. The Hall–Kier alpha value is -3.47. The summed E-state index contributed by atoms with van der Waals surface area (Å²) < 4.78 is 5.16. The van der Waals surface area contributed by atoms with E-state index in [4.69, 9.17) is 4.74 Å². The van der Waals surface area contributed by atoms with Crippen LogP contribution in [0.25, 0.3) is 0 Å². The van der Waals surface area contributed by atoms with Crippen LogP contribution < -0.4 is 15.5 Å². The number of benzene rings is 2. The van der Waals surface area contributed by atoms with Crippen molar-refractivity contribution >= 4 is 34.8 Å². The number of carbonyl (C=O) groups is 3. The number of ketones is 1. The molecule has 10 nitrogen and oxygen atoms in total. The number of aliphatic hydroxyl groups excluding tert-OH is 1. The van der Waals surface area contributed by atoms with E-state index in [1.165, 1.54) is 31.1 Å². The number of likely N-dealkylation sites (tertiary alicyclic amines) is 1. The number of anilines is 3. The lowest BCUT2D eigenvalue weighted by Crippen LogP contribution is -2.57. The minimum Gasteiger partial charge on any atom is -0.383 e. The monoisotopic (exact) mass is 509 g/mol. The van der Waals surface area contributed by atoms with Crippen LogP contribution in [0, 0.1) is 0 Å². The molecule has 0 bridgehead atoms. The first-order valence-corrected chi connectivity index (χ1v) is 12.7. The number of Topliss-reactive ketones (excluding diaryl/α,β-unsaturated/α-hetero) is 1. The number of aliphatic hydroxyl groups is 1. The molecule has 0 aromatic heterocycles. The van der Waals surface area contributed by atoms with Gasteiger partial charge in [0.25, 0.3) is 5.91 Å². The van der Waals surface area contributed by atoms with Crippen molar-refractivity contribution in [3.8, 4) is 0 Å². The summed E-state index contributed by atoms with van der Waals surface area (Å²) in [7, 11) is 1.55. The van der Waals surface area contributed by atoms with Gasteiger partial charge in [-0.1, -0.05) is 18.6 Å². The first-order chi connectivity index (χ1) is 17.9. The summed E-state index contributed by atoms with van der Waals surface area (Å²) in [5.41, 5.74) is 2.44. The van der Waals surface area contributed by atoms with E-state index in [0.717, 1.165) is 19.6 Å². The molecule has 1 saturated heterocycles. The molecule has 10 heteroatoms. The van der Waals surface area contributed by atoms with Crippen LogP contribution >= 0.6 is 0 Å². The lowest BCUT2D eigenvalue weighted by Gasteiger charge is -2.43. The Bertz CT molecular complexity index is 1130. The molecule has 1 unspecified atom stereocenters. The zero-order chi connectivity index (χ0) is 26.4. The predicted molar refractivity (Wildman–Crippen MR) is 142 cm³/mol. The fourth-order valence-electron chi connectivity index (χ4n) is 4.77. The molecule has 2 aliphatic heterocycles. The molecule has 1 fully saturated rings. The topological polar surface area (TPSA) is 114 Å². The second-order valence-electron chi connectivity index (χ2n) is 9.38. The second-order valence-corrected chi connectivity index (χ2v) is 9.38. The molecule has 2 heterocycles. The standard InChI is InChI=1S/C27H35N5O5/c1-19(33)20-7-6-8-21(17-20)28-26(35)29-22-9-10-24-23(18-22)25(34)32(15-16-37-2)27(36)31(24)14-13-30-11-4-3-5-12-30/h6-10,17-18,27,36H,3-5,11-16H2,1-2H3,(H2,28,29,35). The van der Waals surface area contributed by atoms with Crippen LogP contribution in [0.3, 0.4) is 0 Å². The number of rotatable bonds is 9. The number of carbonyl (C=O) groups excluding carboxylic acids is 3. The lowest BCUT2D eigenvalue weighted by atomic mass is 10.1. The maximum absolute atomic E-state index is 13.3. The Kier molecular flexibility index (Phi) is 8.75. The molecule has 3 amide bonds. The number of ether oxygens (including phenoxy) is 1.